The Bertz CT molecular complexity index is 403. The molecule has 1 fully saturated rings. The Morgan fingerprint density at radius 1 is 1.37 bits per heavy atom. The molecule has 2 nitrogen and oxygen atoms in total. The summed E-state index contributed by atoms with van der Waals surface area (Å²) in [6.45, 7) is 4.03. The zero-order valence-electron chi connectivity index (χ0n) is 11.5. The van der Waals surface area contributed by atoms with Gasteiger partial charge in [0.1, 0.15) is 5.82 Å². The van der Waals surface area contributed by atoms with Gasteiger partial charge in [0.15, 0.2) is 0 Å². The first kappa shape index (κ1) is 14.8. The lowest BCUT2D eigenvalue weighted by atomic mass is 9.93. The van der Waals surface area contributed by atoms with Crippen LogP contribution in [0.2, 0.25) is 5.02 Å². The van der Waals surface area contributed by atoms with Gasteiger partial charge in [-0.1, -0.05) is 23.7 Å². The van der Waals surface area contributed by atoms with Crippen molar-refractivity contribution in [2.75, 3.05) is 26.7 Å². The zero-order chi connectivity index (χ0) is 13.7. The summed E-state index contributed by atoms with van der Waals surface area (Å²) in [5, 5.41) is 3.48. The molecule has 1 saturated heterocycles. The highest BCUT2D eigenvalue weighted by atomic mass is 35.5. The molecule has 4 heteroatoms. The minimum absolute atomic E-state index is 0.278. The SMILES string of the molecule is CNCCC1CCN(Cc2cccc(F)c2Cl)CC1. The van der Waals surface area contributed by atoms with Gasteiger partial charge >= 0.3 is 0 Å². The lowest BCUT2D eigenvalue weighted by Crippen LogP contribution is -2.34. The molecular weight excluding hydrogens is 263 g/mol. The summed E-state index contributed by atoms with van der Waals surface area (Å²) in [7, 11) is 2.00. The van der Waals surface area contributed by atoms with Crippen LogP contribution in [0.1, 0.15) is 24.8 Å². The number of nitrogens with zero attached hydrogens (tertiary/aromatic N) is 1. The van der Waals surface area contributed by atoms with Crippen LogP contribution in [0.25, 0.3) is 0 Å². The fourth-order valence-electron chi connectivity index (χ4n) is 2.69. The summed E-state index contributed by atoms with van der Waals surface area (Å²) >= 11 is 6.00. The van der Waals surface area contributed by atoms with Gasteiger partial charge in [-0.3, -0.25) is 4.90 Å². The minimum atomic E-state index is -0.317. The molecule has 0 spiro atoms. The van der Waals surface area contributed by atoms with E-state index in [0.717, 1.165) is 37.7 Å². The van der Waals surface area contributed by atoms with E-state index < -0.39 is 0 Å². The maximum absolute atomic E-state index is 13.4. The summed E-state index contributed by atoms with van der Waals surface area (Å²) in [5.74, 6) is 0.509. The van der Waals surface area contributed by atoms with Crippen molar-refractivity contribution < 1.29 is 4.39 Å². The van der Waals surface area contributed by atoms with Gasteiger partial charge in [0.2, 0.25) is 0 Å². The van der Waals surface area contributed by atoms with Crippen LogP contribution < -0.4 is 5.32 Å². The average Bonchev–Trinajstić information content (AvgIpc) is 2.43. The maximum Gasteiger partial charge on any atom is 0.142 e. The van der Waals surface area contributed by atoms with Gasteiger partial charge in [0, 0.05) is 6.54 Å². The standard InChI is InChI=1S/C15H22ClFN2/c1-18-8-5-12-6-9-19(10-7-12)11-13-3-2-4-14(17)15(13)16/h2-4,12,18H,5-11H2,1H3. The number of piperidine rings is 1. The molecule has 0 saturated carbocycles. The summed E-state index contributed by atoms with van der Waals surface area (Å²) in [4.78, 5) is 2.37. The van der Waals surface area contributed by atoms with Gasteiger partial charge in [-0.2, -0.15) is 0 Å². The Kier molecular flexibility index (Phi) is 5.61. The predicted octanol–water partition coefficient (Wildman–Crippen LogP) is 3.30. The van der Waals surface area contributed by atoms with E-state index >= 15 is 0 Å². The van der Waals surface area contributed by atoms with Crippen molar-refractivity contribution in [2.45, 2.75) is 25.8 Å². The van der Waals surface area contributed by atoms with Crippen LogP contribution in [-0.2, 0) is 6.54 Å². The summed E-state index contributed by atoms with van der Waals surface area (Å²) in [6, 6.07) is 5.06. The highest BCUT2D eigenvalue weighted by Crippen LogP contribution is 2.25. The van der Waals surface area contributed by atoms with E-state index in [2.05, 4.69) is 10.2 Å². The average molecular weight is 285 g/mol. The number of rotatable bonds is 5. The topological polar surface area (TPSA) is 15.3 Å². The highest BCUT2D eigenvalue weighted by molar-refractivity contribution is 6.31. The molecule has 19 heavy (non-hydrogen) atoms. The van der Waals surface area contributed by atoms with Crippen molar-refractivity contribution in [1.29, 1.82) is 0 Å². The summed E-state index contributed by atoms with van der Waals surface area (Å²) in [6.07, 6.45) is 3.72. The molecule has 1 heterocycles. The van der Waals surface area contributed by atoms with E-state index in [1.54, 1.807) is 6.07 Å². The number of halogens is 2. The quantitative estimate of drug-likeness (QED) is 0.892. The van der Waals surface area contributed by atoms with E-state index in [1.807, 2.05) is 13.1 Å². The zero-order valence-corrected chi connectivity index (χ0v) is 12.2. The number of likely N-dealkylation sites (tertiary alicyclic amines) is 1. The number of hydrogen-bond acceptors (Lipinski definition) is 2. The first-order valence-electron chi connectivity index (χ1n) is 7.00. The molecule has 0 aliphatic carbocycles. The van der Waals surface area contributed by atoms with Crippen molar-refractivity contribution in [2.24, 2.45) is 5.92 Å². The van der Waals surface area contributed by atoms with Crippen LogP contribution in [0.3, 0.4) is 0 Å². The van der Waals surface area contributed by atoms with Crippen molar-refractivity contribution in [3.63, 3.8) is 0 Å². The van der Waals surface area contributed by atoms with Crippen LogP contribution in [0.15, 0.2) is 18.2 Å². The Hall–Kier alpha value is -0.640. The molecule has 1 aromatic rings. The molecule has 1 aliphatic heterocycles. The predicted molar refractivity (Wildman–Crippen MR) is 78.0 cm³/mol. The Morgan fingerprint density at radius 2 is 2.11 bits per heavy atom. The third-order valence-electron chi connectivity index (χ3n) is 3.94. The number of hydrogen-bond donors (Lipinski definition) is 1. The van der Waals surface area contributed by atoms with E-state index in [4.69, 9.17) is 11.6 Å². The van der Waals surface area contributed by atoms with Crippen molar-refractivity contribution in [1.82, 2.24) is 10.2 Å². The van der Waals surface area contributed by atoms with Gasteiger partial charge in [-0.05, 0) is 63.5 Å². The van der Waals surface area contributed by atoms with E-state index in [-0.39, 0.29) is 10.8 Å². The van der Waals surface area contributed by atoms with Crippen LogP contribution in [0.5, 0.6) is 0 Å². The minimum Gasteiger partial charge on any atom is -0.320 e. The fourth-order valence-corrected chi connectivity index (χ4v) is 2.88. The molecule has 0 amide bonds. The van der Waals surface area contributed by atoms with Crippen LogP contribution in [0, 0.1) is 11.7 Å². The van der Waals surface area contributed by atoms with Gasteiger partial charge in [-0.15, -0.1) is 0 Å². The van der Waals surface area contributed by atoms with E-state index in [1.165, 1.54) is 25.3 Å². The normalized spacial score (nSPS) is 17.8. The molecule has 0 bridgehead atoms. The van der Waals surface area contributed by atoms with E-state index in [0.29, 0.717) is 0 Å². The van der Waals surface area contributed by atoms with Crippen molar-refractivity contribution in [3.8, 4) is 0 Å². The second kappa shape index (κ2) is 7.22. The second-order valence-corrected chi connectivity index (χ2v) is 5.70. The van der Waals surface area contributed by atoms with Crippen LogP contribution >= 0.6 is 11.6 Å². The summed E-state index contributed by atoms with van der Waals surface area (Å²) < 4.78 is 13.4. The molecule has 2 rings (SSSR count). The number of benzene rings is 1. The molecule has 0 atom stereocenters. The summed E-state index contributed by atoms with van der Waals surface area (Å²) in [5.41, 5.74) is 0.898. The Morgan fingerprint density at radius 3 is 2.79 bits per heavy atom. The fraction of sp³-hybridized carbons (Fsp3) is 0.600. The van der Waals surface area contributed by atoms with E-state index in [9.17, 15) is 4.39 Å². The smallest absolute Gasteiger partial charge is 0.142 e. The number of nitrogens with one attached hydrogen (secondary N) is 1. The van der Waals surface area contributed by atoms with Crippen molar-refractivity contribution in [3.05, 3.63) is 34.6 Å². The van der Waals surface area contributed by atoms with Crippen LogP contribution in [-0.4, -0.2) is 31.6 Å². The van der Waals surface area contributed by atoms with Gasteiger partial charge < -0.3 is 5.32 Å². The first-order valence-corrected chi connectivity index (χ1v) is 7.38. The third-order valence-corrected chi connectivity index (χ3v) is 4.36. The molecule has 0 unspecified atom stereocenters. The molecular formula is C15H22ClFN2. The van der Waals surface area contributed by atoms with Gasteiger partial charge in [0.05, 0.1) is 5.02 Å². The van der Waals surface area contributed by atoms with Gasteiger partial charge in [0.25, 0.3) is 0 Å². The third kappa shape index (κ3) is 4.16. The van der Waals surface area contributed by atoms with Gasteiger partial charge in [-0.25, -0.2) is 4.39 Å². The molecule has 1 N–H and O–H groups in total. The molecule has 0 radical (unpaired) electrons. The monoisotopic (exact) mass is 284 g/mol. The van der Waals surface area contributed by atoms with Crippen LogP contribution in [0.4, 0.5) is 4.39 Å². The maximum atomic E-state index is 13.4. The molecule has 0 aromatic heterocycles. The Labute approximate surface area is 119 Å². The largest absolute Gasteiger partial charge is 0.320 e. The lowest BCUT2D eigenvalue weighted by Gasteiger charge is -2.32. The molecule has 1 aromatic carbocycles. The molecule has 1 aliphatic rings. The lowest BCUT2D eigenvalue weighted by molar-refractivity contribution is 0.172. The highest BCUT2D eigenvalue weighted by Gasteiger charge is 2.19. The van der Waals surface area contributed by atoms with Crippen molar-refractivity contribution >= 4 is 11.6 Å². The Balaban J connectivity index is 1.84. The second-order valence-electron chi connectivity index (χ2n) is 5.32. The first-order chi connectivity index (χ1) is 9.20. The molecule has 106 valence electrons.